The minimum Gasteiger partial charge on any atom is -0.480 e. The van der Waals surface area contributed by atoms with Crippen LogP contribution in [0.4, 0.5) is 0 Å². The Morgan fingerprint density at radius 1 is 0.536 bits per heavy atom. The van der Waals surface area contributed by atoms with Gasteiger partial charge in [0.1, 0.15) is 24.2 Å². The van der Waals surface area contributed by atoms with Gasteiger partial charge in [0.25, 0.3) is 0 Å². The van der Waals surface area contributed by atoms with Crippen molar-refractivity contribution in [3.63, 3.8) is 0 Å². The minimum atomic E-state index is -1.27. The minimum absolute atomic E-state index is 0.0406. The van der Waals surface area contributed by atoms with E-state index in [9.17, 15) is 38.7 Å². The first-order valence-corrected chi connectivity index (χ1v) is 19.8. The molecular formula is C42H62N6O8. The molecule has 0 aliphatic heterocycles. The molecule has 308 valence electrons. The van der Waals surface area contributed by atoms with Crippen LogP contribution in [0.2, 0.25) is 0 Å². The van der Waals surface area contributed by atoms with Gasteiger partial charge in [-0.2, -0.15) is 0 Å². The highest BCUT2D eigenvalue weighted by molar-refractivity contribution is 5.94. The summed E-state index contributed by atoms with van der Waals surface area (Å²) in [6.07, 6.45) is 9.86. The van der Waals surface area contributed by atoms with Gasteiger partial charge in [0, 0.05) is 25.7 Å². The third-order valence-electron chi connectivity index (χ3n) is 9.31. The highest BCUT2D eigenvalue weighted by atomic mass is 16.4. The van der Waals surface area contributed by atoms with Crippen LogP contribution in [0.1, 0.15) is 115 Å². The van der Waals surface area contributed by atoms with Gasteiger partial charge >= 0.3 is 5.97 Å². The van der Waals surface area contributed by atoms with Crippen molar-refractivity contribution in [3.8, 4) is 0 Å². The lowest BCUT2D eigenvalue weighted by Gasteiger charge is -2.23. The number of hydrogen-bond acceptors (Lipinski definition) is 7. The standard InChI is InChI=1S/C42H62N6O8/c1-29(2)25-33(40(53)47-32(39(44)52)26-30-19-13-11-14-20-30)45-37(50)23-17-9-7-5-3-4-6-8-10-18-24-38(51)46-34(28-36(43)49)41(54)48-35(42(55)56)27-31-21-15-12-16-22-31/h11-16,19-22,29,32-35H,3-10,17-18,23-28H2,1-2H3,(H2,43,49)(H2,44,52)(H,45,50)(H,46,51)(H,47,53)(H,48,54)(H,55,56)/t32-,33-,34-,35-/m0/s1. The van der Waals surface area contributed by atoms with Crippen molar-refractivity contribution in [2.75, 3.05) is 0 Å². The normalized spacial score (nSPS) is 13.1. The lowest BCUT2D eigenvalue weighted by molar-refractivity contribution is -0.142. The van der Waals surface area contributed by atoms with E-state index in [1.807, 2.05) is 44.2 Å². The van der Waals surface area contributed by atoms with Crippen molar-refractivity contribution in [3.05, 3.63) is 71.8 Å². The zero-order valence-corrected chi connectivity index (χ0v) is 32.9. The number of carboxylic acids is 1. The number of hydrogen-bond donors (Lipinski definition) is 7. The molecule has 2 aromatic rings. The molecule has 0 bridgehead atoms. The van der Waals surface area contributed by atoms with Gasteiger partial charge in [-0.1, -0.05) is 126 Å². The summed E-state index contributed by atoms with van der Waals surface area (Å²) in [7, 11) is 0. The number of primary amides is 2. The summed E-state index contributed by atoms with van der Waals surface area (Å²) >= 11 is 0. The summed E-state index contributed by atoms with van der Waals surface area (Å²) in [5.41, 5.74) is 12.4. The van der Waals surface area contributed by atoms with E-state index in [4.69, 9.17) is 11.5 Å². The Hall–Kier alpha value is -5.27. The van der Waals surface area contributed by atoms with Gasteiger partial charge in [-0.15, -0.1) is 0 Å². The second-order valence-corrected chi connectivity index (χ2v) is 14.8. The van der Waals surface area contributed by atoms with E-state index >= 15 is 0 Å². The molecule has 0 aromatic heterocycles. The Morgan fingerprint density at radius 2 is 0.929 bits per heavy atom. The molecule has 0 fully saturated rings. The summed E-state index contributed by atoms with van der Waals surface area (Å²) in [5.74, 6) is -4.34. The average Bonchev–Trinajstić information content (AvgIpc) is 3.14. The van der Waals surface area contributed by atoms with Crippen LogP contribution in [0.3, 0.4) is 0 Å². The fourth-order valence-electron chi connectivity index (χ4n) is 6.30. The number of rotatable bonds is 29. The molecule has 4 atom stereocenters. The molecule has 0 unspecified atom stereocenters. The van der Waals surface area contributed by atoms with Crippen molar-refractivity contribution in [2.45, 2.75) is 141 Å². The van der Waals surface area contributed by atoms with Crippen LogP contribution in [0.15, 0.2) is 60.7 Å². The Kier molecular flexibility index (Phi) is 22.2. The van der Waals surface area contributed by atoms with Crippen molar-refractivity contribution < 1.29 is 38.7 Å². The van der Waals surface area contributed by atoms with Crippen molar-refractivity contribution >= 4 is 41.4 Å². The maximum atomic E-state index is 13.1. The largest absolute Gasteiger partial charge is 0.480 e. The fourth-order valence-corrected chi connectivity index (χ4v) is 6.30. The molecule has 9 N–H and O–H groups in total. The summed E-state index contributed by atoms with van der Waals surface area (Å²) in [6, 6.07) is 13.9. The first kappa shape index (κ1) is 46.9. The highest BCUT2D eigenvalue weighted by Crippen LogP contribution is 2.14. The van der Waals surface area contributed by atoms with Crippen LogP contribution >= 0.6 is 0 Å². The fraction of sp³-hybridized carbons (Fsp3) is 0.548. The number of benzene rings is 2. The zero-order chi connectivity index (χ0) is 41.3. The first-order valence-electron chi connectivity index (χ1n) is 19.8. The third-order valence-corrected chi connectivity index (χ3v) is 9.31. The quantitative estimate of drug-likeness (QED) is 0.0601. The number of carbonyl (C=O) groups excluding carboxylic acids is 6. The Morgan fingerprint density at radius 3 is 1.34 bits per heavy atom. The van der Waals surface area contributed by atoms with Crippen molar-refractivity contribution in [1.29, 1.82) is 0 Å². The van der Waals surface area contributed by atoms with Gasteiger partial charge < -0.3 is 37.8 Å². The lowest BCUT2D eigenvalue weighted by atomic mass is 10.0. The number of amides is 6. The predicted molar refractivity (Wildman–Crippen MR) is 214 cm³/mol. The molecular weight excluding hydrogens is 716 g/mol. The zero-order valence-electron chi connectivity index (χ0n) is 32.9. The topological polar surface area (TPSA) is 240 Å². The second kappa shape index (κ2) is 26.5. The molecule has 0 aliphatic carbocycles. The van der Waals surface area contributed by atoms with Crippen LogP contribution in [-0.2, 0) is 46.4 Å². The van der Waals surface area contributed by atoms with Crippen molar-refractivity contribution in [1.82, 2.24) is 21.3 Å². The maximum absolute atomic E-state index is 13.1. The van der Waals surface area contributed by atoms with E-state index in [1.165, 1.54) is 0 Å². The molecule has 14 heteroatoms. The summed E-state index contributed by atoms with van der Waals surface area (Å²) < 4.78 is 0. The highest BCUT2D eigenvalue weighted by Gasteiger charge is 2.29. The number of nitrogens with two attached hydrogens (primary N) is 2. The van der Waals surface area contributed by atoms with Crippen LogP contribution < -0.4 is 32.7 Å². The van der Waals surface area contributed by atoms with Gasteiger partial charge in [-0.05, 0) is 36.3 Å². The third kappa shape index (κ3) is 20.4. The van der Waals surface area contributed by atoms with Gasteiger partial charge in [0.2, 0.25) is 35.4 Å². The van der Waals surface area contributed by atoms with Crippen LogP contribution in [0.5, 0.6) is 0 Å². The van der Waals surface area contributed by atoms with Crippen LogP contribution in [0, 0.1) is 5.92 Å². The average molecular weight is 779 g/mol. The molecule has 0 saturated heterocycles. The predicted octanol–water partition coefficient (Wildman–Crippen LogP) is 3.58. The molecule has 0 spiro atoms. The van der Waals surface area contributed by atoms with E-state index in [0.29, 0.717) is 31.2 Å². The first-order chi connectivity index (χ1) is 26.7. The smallest absolute Gasteiger partial charge is 0.326 e. The van der Waals surface area contributed by atoms with E-state index in [1.54, 1.807) is 30.3 Å². The SMILES string of the molecule is CC(C)C[C@H](NC(=O)CCCCCCCCCCCCC(=O)N[C@@H](CC(N)=O)C(=O)N[C@@H](Cc1ccccc1)C(=O)O)C(=O)N[C@@H](Cc1ccccc1)C(N)=O. The van der Waals surface area contributed by atoms with E-state index in [0.717, 1.165) is 56.9 Å². The van der Waals surface area contributed by atoms with Gasteiger partial charge in [-0.3, -0.25) is 28.8 Å². The molecule has 0 radical (unpaired) electrons. The molecule has 0 aliphatic rings. The van der Waals surface area contributed by atoms with Crippen molar-refractivity contribution in [2.24, 2.45) is 17.4 Å². The number of carboxylic acid groups (broad SMARTS) is 1. The monoisotopic (exact) mass is 778 g/mol. The van der Waals surface area contributed by atoms with Crippen LogP contribution in [-0.4, -0.2) is 70.7 Å². The molecule has 14 nitrogen and oxygen atoms in total. The maximum Gasteiger partial charge on any atom is 0.326 e. The number of aliphatic carboxylic acids is 1. The van der Waals surface area contributed by atoms with E-state index < -0.39 is 66.1 Å². The Balaban J connectivity index is 1.60. The van der Waals surface area contributed by atoms with Gasteiger partial charge in [-0.25, -0.2) is 4.79 Å². The van der Waals surface area contributed by atoms with E-state index in [2.05, 4.69) is 21.3 Å². The molecule has 56 heavy (non-hydrogen) atoms. The van der Waals surface area contributed by atoms with Crippen LogP contribution in [0.25, 0.3) is 0 Å². The molecule has 0 heterocycles. The number of carbonyl (C=O) groups is 7. The van der Waals surface area contributed by atoms with Gasteiger partial charge in [0.15, 0.2) is 0 Å². The Labute approximate surface area is 330 Å². The molecule has 2 aromatic carbocycles. The molecule has 6 amide bonds. The summed E-state index contributed by atoms with van der Waals surface area (Å²) in [6.45, 7) is 3.93. The lowest BCUT2D eigenvalue weighted by Crippen LogP contribution is -2.54. The van der Waals surface area contributed by atoms with E-state index in [-0.39, 0.29) is 31.1 Å². The number of nitrogens with one attached hydrogen (secondary N) is 4. The Bertz CT molecular complexity index is 1540. The summed E-state index contributed by atoms with van der Waals surface area (Å²) in [5, 5.41) is 20.1. The number of unbranched alkanes of at least 4 members (excludes halogenated alkanes) is 9. The van der Waals surface area contributed by atoms with Gasteiger partial charge in [0.05, 0.1) is 6.42 Å². The second-order valence-electron chi connectivity index (χ2n) is 14.8. The molecule has 2 rings (SSSR count). The summed E-state index contributed by atoms with van der Waals surface area (Å²) in [4.78, 5) is 86.7. The molecule has 0 saturated carbocycles.